The van der Waals surface area contributed by atoms with Gasteiger partial charge in [0, 0.05) is 19.6 Å². The predicted molar refractivity (Wildman–Crippen MR) is 111 cm³/mol. The van der Waals surface area contributed by atoms with Gasteiger partial charge in [-0.25, -0.2) is 9.97 Å². The lowest BCUT2D eigenvalue weighted by Crippen LogP contribution is -2.43. The van der Waals surface area contributed by atoms with Crippen molar-refractivity contribution in [3.63, 3.8) is 0 Å². The first kappa shape index (κ1) is 19.4. The van der Waals surface area contributed by atoms with Gasteiger partial charge < -0.3 is 20.4 Å². The van der Waals surface area contributed by atoms with E-state index in [2.05, 4.69) is 25.5 Å². The number of fused-ring (bicyclic) bond motifs is 1. The summed E-state index contributed by atoms with van der Waals surface area (Å²) in [7, 11) is 1.97. The molecule has 3 heterocycles. The van der Waals surface area contributed by atoms with Crippen LogP contribution in [0, 0.1) is 5.92 Å². The first-order chi connectivity index (χ1) is 13.7. The molecule has 4 rings (SSSR count). The van der Waals surface area contributed by atoms with Gasteiger partial charge in [0.15, 0.2) is 0 Å². The van der Waals surface area contributed by atoms with Crippen LogP contribution in [0.2, 0.25) is 0 Å². The molecule has 154 valence electrons. The van der Waals surface area contributed by atoms with E-state index in [-0.39, 0.29) is 5.91 Å². The number of amides is 1. The number of carbonyl (C=O) groups is 1. The van der Waals surface area contributed by atoms with Gasteiger partial charge in [0.1, 0.15) is 18.0 Å². The molecule has 3 aliphatic rings. The van der Waals surface area contributed by atoms with Crippen LogP contribution >= 0.6 is 0 Å². The molecular formula is C21H34N6O. The molecule has 7 heteroatoms. The average molecular weight is 387 g/mol. The van der Waals surface area contributed by atoms with E-state index < -0.39 is 0 Å². The minimum atomic E-state index is 0.200. The van der Waals surface area contributed by atoms with Gasteiger partial charge >= 0.3 is 0 Å². The number of carbonyl (C=O) groups excluding carboxylic acids is 1. The van der Waals surface area contributed by atoms with Crippen LogP contribution in [0.25, 0.3) is 0 Å². The Balaban J connectivity index is 1.55. The Morgan fingerprint density at radius 1 is 1.07 bits per heavy atom. The summed E-state index contributed by atoms with van der Waals surface area (Å²) < 4.78 is 0. The lowest BCUT2D eigenvalue weighted by molar-refractivity contribution is -0.132. The average Bonchev–Trinajstić information content (AvgIpc) is 3.06. The molecule has 1 saturated heterocycles. The standard InChI is InChI=1S/C21H34N6O/c1-26-14-19(28)27(17-8-5-10-22-11-9-17)13-18-20(24-15-25-21(18)26)23-12-16-6-3-2-4-7-16/h15-17,22H,2-14H2,1H3,(H,23,24,25). The van der Waals surface area contributed by atoms with Crippen molar-refractivity contribution >= 4 is 17.5 Å². The van der Waals surface area contributed by atoms with Crippen LogP contribution in [0.4, 0.5) is 11.6 Å². The van der Waals surface area contributed by atoms with Gasteiger partial charge in [-0.2, -0.15) is 0 Å². The van der Waals surface area contributed by atoms with E-state index in [1.165, 1.54) is 32.1 Å². The number of hydrogen-bond acceptors (Lipinski definition) is 6. The molecule has 2 fully saturated rings. The maximum atomic E-state index is 13.0. The van der Waals surface area contributed by atoms with E-state index in [0.717, 1.165) is 62.0 Å². The zero-order valence-electron chi connectivity index (χ0n) is 17.1. The summed E-state index contributed by atoms with van der Waals surface area (Å²) in [6, 6.07) is 0.299. The van der Waals surface area contributed by atoms with E-state index in [1.54, 1.807) is 6.33 Å². The first-order valence-corrected chi connectivity index (χ1v) is 11.0. The summed E-state index contributed by atoms with van der Waals surface area (Å²) in [5, 5.41) is 7.07. The van der Waals surface area contributed by atoms with Gasteiger partial charge in [-0.15, -0.1) is 0 Å². The van der Waals surface area contributed by atoms with E-state index >= 15 is 0 Å². The normalized spacial score (nSPS) is 24.5. The van der Waals surface area contributed by atoms with Crippen LogP contribution in [0.5, 0.6) is 0 Å². The maximum absolute atomic E-state index is 13.0. The largest absolute Gasteiger partial charge is 0.369 e. The van der Waals surface area contributed by atoms with E-state index in [0.29, 0.717) is 19.1 Å². The van der Waals surface area contributed by atoms with Gasteiger partial charge in [-0.1, -0.05) is 19.3 Å². The van der Waals surface area contributed by atoms with Crippen molar-refractivity contribution < 1.29 is 4.79 Å². The summed E-state index contributed by atoms with van der Waals surface area (Å²) in [5.74, 6) is 2.73. The smallest absolute Gasteiger partial charge is 0.242 e. The third-order valence-corrected chi connectivity index (χ3v) is 6.57. The molecule has 2 aliphatic heterocycles. The fraction of sp³-hybridized carbons (Fsp3) is 0.762. The van der Waals surface area contributed by atoms with Crippen LogP contribution in [-0.4, -0.2) is 60.0 Å². The highest BCUT2D eigenvalue weighted by atomic mass is 16.2. The molecular weight excluding hydrogens is 352 g/mol. The highest BCUT2D eigenvalue weighted by Gasteiger charge is 2.31. The number of nitrogens with one attached hydrogen (secondary N) is 2. The van der Waals surface area contributed by atoms with Gasteiger partial charge in [0.05, 0.1) is 18.7 Å². The Morgan fingerprint density at radius 2 is 1.93 bits per heavy atom. The highest BCUT2D eigenvalue weighted by Crippen LogP contribution is 2.31. The van der Waals surface area contributed by atoms with Gasteiger partial charge in [-0.3, -0.25) is 4.79 Å². The van der Waals surface area contributed by atoms with Gasteiger partial charge in [-0.05, 0) is 51.1 Å². The van der Waals surface area contributed by atoms with Crippen molar-refractivity contribution in [1.82, 2.24) is 20.2 Å². The molecule has 0 bridgehead atoms. The Kier molecular flexibility index (Phi) is 6.29. The topological polar surface area (TPSA) is 73.4 Å². The molecule has 0 aromatic carbocycles. The Labute approximate surface area is 168 Å². The zero-order valence-corrected chi connectivity index (χ0v) is 17.1. The summed E-state index contributed by atoms with van der Waals surface area (Å²) in [4.78, 5) is 26.2. The third kappa shape index (κ3) is 4.40. The molecule has 1 unspecified atom stereocenters. The van der Waals surface area contributed by atoms with Crippen molar-refractivity contribution in [2.75, 3.05) is 43.4 Å². The zero-order chi connectivity index (χ0) is 19.3. The van der Waals surface area contributed by atoms with Crippen molar-refractivity contribution in [3.8, 4) is 0 Å². The lowest BCUT2D eigenvalue weighted by Gasteiger charge is -2.30. The number of rotatable bonds is 4. The third-order valence-electron chi connectivity index (χ3n) is 6.57. The molecule has 1 aromatic rings. The molecule has 1 amide bonds. The van der Waals surface area contributed by atoms with E-state index in [4.69, 9.17) is 0 Å². The quantitative estimate of drug-likeness (QED) is 0.828. The van der Waals surface area contributed by atoms with Crippen LogP contribution in [0.3, 0.4) is 0 Å². The molecule has 0 spiro atoms. The SMILES string of the molecule is CN1CC(=O)N(C2CCCNCC2)Cc2c(NCC3CCCCC3)ncnc21. The van der Waals surface area contributed by atoms with Crippen molar-refractivity contribution in [3.05, 3.63) is 11.9 Å². The van der Waals surface area contributed by atoms with E-state index in [1.807, 2.05) is 11.9 Å². The molecule has 1 aliphatic carbocycles. The summed E-state index contributed by atoms with van der Waals surface area (Å²) in [6.07, 6.45) is 11.5. The molecule has 28 heavy (non-hydrogen) atoms. The fourth-order valence-corrected chi connectivity index (χ4v) is 4.93. The minimum absolute atomic E-state index is 0.200. The predicted octanol–water partition coefficient (Wildman–Crippen LogP) is 2.39. The second-order valence-electron chi connectivity index (χ2n) is 8.62. The minimum Gasteiger partial charge on any atom is -0.369 e. The number of likely N-dealkylation sites (N-methyl/N-ethyl adjacent to an activating group) is 1. The highest BCUT2D eigenvalue weighted by molar-refractivity contribution is 5.83. The van der Waals surface area contributed by atoms with Gasteiger partial charge in [0.2, 0.25) is 5.91 Å². The number of aromatic nitrogens is 2. The summed E-state index contributed by atoms with van der Waals surface area (Å²) >= 11 is 0. The number of anilines is 2. The molecule has 7 nitrogen and oxygen atoms in total. The Morgan fingerprint density at radius 3 is 2.79 bits per heavy atom. The number of hydrogen-bond donors (Lipinski definition) is 2. The molecule has 1 atom stereocenters. The van der Waals surface area contributed by atoms with Crippen LogP contribution in [0.1, 0.15) is 56.9 Å². The van der Waals surface area contributed by atoms with Crippen LogP contribution in [0.15, 0.2) is 6.33 Å². The van der Waals surface area contributed by atoms with Crippen LogP contribution < -0.4 is 15.5 Å². The monoisotopic (exact) mass is 386 g/mol. The van der Waals surface area contributed by atoms with Crippen LogP contribution in [-0.2, 0) is 11.3 Å². The molecule has 1 aromatic heterocycles. The maximum Gasteiger partial charge on any atom is 0.242 e. The first-order valence-electron chi connectivity index (χ1n) is 11.0. The number of nitrogens with zero attached hydrogens (tertiary/aromatic N) is 4. The second kappa shape index (κ2) is 9.07. The molecule has 1 saturated carbocycles. The molecule has 0 radical (unpaired) electrons. The molecule has 2 N–H and O–H groups in total. The Hall–Kier alpha value is -1.89. The Bertz CT molecular complexity index is 667. The van der Waals surface area contributed by atoms with Crippen molar-refractivity contribution in [1.29, 1.82) is 0 Å². The summed E-state index contributed by atoms with van der Waals surface area (Å²) in [5.41, 5.74) is 1.07. The van der Waals surface area contributed by atoms with Crippen molar-refractivity contribution in [2.24, 2.45) is 5.92 Å². The second-order valence-corrected chi connectivity index (χ2v) is 8.62. The van der Waals surface area contributed by atoms with Gasteiger partial charge in [0.25, 0.3) is 0 Å². The van der Waals surface area contributed by atoms with Crippen molar-refractivity contribution in [2.45, 2.75) is 64.0 Å². The summed E-state index contributed by atoms with van der Waals surface area (Å²) in [6.45, 7) is 3.99. The lowest BCUT2D eigenvalue weighted by atomic mass is 9.89. The van der Waals surface area contributed by atoms with E-state index in [9.17, 15) is 4.79 Å². The fourth-order valence-electron chi connectivity index (χ4n) is 4.93.